The molecule has 4 nitrogen and oxygen atoms in total. The van der Waals surface area contributed by atoms with Crippen molar-refractivity contribution in [2.24, 2.45) is 0 Å². The summed E-state index contributed by atoms with van der Waals surface area (Å²) in [6.07, 6.45) is 3.30. The topological polar surface area (TPSA) is 24.3 Å². The number of halogens is 1. The van der Waals surface area contributed by atoms with Crippen LogP contribution in [0.4, 0.5) is 4.39 Å². The van der Waals surface area contributed by atoms with Crippen LogP contribution in [0.5, 0.6) is 0 Å². The molecule has 2 heterocycles. The first-order valence-corrected chi connectivity index (χ1v) is 9.80. The van der Waals surface area contributed by atoms with Crippen LogP contribution in [-0.2, 0) is 6.54 Å². The highest BCUT2D eigenvalue weighted by Gasteiger charge is 2.25. The zero-order valence-electron chi connectivity index (χ0n) is 16.8. The Kier molecular flexibility index (Phi) is 5.29. The molecule has 1 saturated heterocycles. The number of aryl methyl sites for hydroxylation is 1. The van der Waals surface area contributed by atoms with E-state index in [-0.39, 0.29) is 5.82 Å². The Bertz CT molecular complexity index is 928. The molecule has 28 heavy (non-hydrogen) atoms. The van der Waals surface area contributed by atoms with Crippen LogP contribution in [0.1, 0.15) is 17.5 Å². The quantitative estimate of drug-likeness (QED) is 0.667. The standard InChI is InChI=1S/C23H27FN4/c1-17-4-10-21(11-5-17)28-15-19(14-27-13-12-22(16-27)26(2)3)23(25-28)18-6-8-20(24)9-7-18/h4-11,15,22H,12-14,16H2,1-3H3. The number of rotatable bonds is 5. The number of aromatic nitrogens is 2. The fourth-order valence-electron chi connectivity index (χ4n) is 3.82. The predicted octanol–water partition coefficient (Wildman–Crippen LogP) is 4.12. The molecule has 1 atom stereocenters. The van der Waals surface area contributed by atoms with Crippen molar-refractivity contribution >= 4 is 0 Å². The van der Waals surface area contributed by atoms with E-state index < -0.39 is 0 Å². The Morgan fingerprint density at radius 3 is 2.43 bits per heavy atom. The molecule has 0 radical (unpaired) electrons. The van der Waals surface area contributed by atoms with Crippen LogP contribution in [0.25, 0.3) is 16.9 Å². The molecule has 3 aromatic rings. The molecule has 0 bridgehead atoms. The highest BCUT2D eigenvalue weighted by molar-refractivity contribution is 5.63. The molecule has 0 saturated carbocycles. The van der Waals surface area contributed by atoms with Gasteiger partial charge < -0.3 is 4.90 Å². The van der Waals surface area contributed by atoms with Gasteiger partial charge in [0.05, 0.1) is 11.4 Å². The molecule has 1 fully saturated rings. The minimum atomic E-state index is -0.225. The molecule has 1 aromatic heterocycles. The van der Waals surface area contributed by atoms with E-state index in [0.717, 1.165) is 36.6 Å². The Morgan fingerprint density at radius 1 is 1.07 bits per heavy atom. The molecule has 0 amide bonds. The molecule has 0 spiro atoms. The Balaban J connectivity index is 1.67. The van der Waals surface area contributed by atoms with Crippen LogP contribution >= 0.6 is 0 Å². The van der Waals surface area contributed by atoms with Crippen molar-refractivity contribution in [2.75, 3.05) is 27.2 Å². The van der Waals surface area contributed by atoms with Gasteiger partial charge in [0.15, 0.2) is 0 Å². The second kappa shape index (κ2) is 7.86. The fourth-order valence-corrected chi connectivity index (χ4v) is 3.82. The maximum Gasteiger partial charge on any atom is 0.123 e. The van der Waals surface area contributed by atoms with E-state index in [4.69, 9.17) is 5.10 Å². The SMILES string of the molecule is Cc1ccc(-n2cc(CN3CCC(N(C)C)C3)c(-c3ccc(F)cc3)n2)cc1. The van der Waals surface area contributed by atoms with Crippen molar-refractivity contribution in [1.29, 1.82) is 0 Å². The van der Waals surface area contributed by atoms with Crippen LogP contribution in [0.15, 0.2) is 54.7 Å². The second-order valence-electron chi connectivity index (χ2n) is 7.93. The maximum absolute atomic E-state index is 13.4. The van der Waals surface area contributed by atoms with Gasteiger partial charge in [-0.2, -0.15) is 5.10 Å². The summed E-state index contributed by atoms with van der Waals surface area (Å²) < 4.78 is 15.4. The number of likely N-dealkylation sites (tertiary alicyclic amines) is 1. The van der Waals surface area contributed by atoms with E-state index in [0.29, 0.717) is 6.04 Å². The first kappa shape index (κ1) is 18.8. The average molecular weight is 378 g/mol. The first-order valence-electron chi connectivity index (χ1n) is 9.80. The summed E-state index contributed by atoms with van der Waals surface area (Å²) in [7, 11) is 4.29. The molecule has 1 unspecified atom stereocenters. The van der Waals surface area contributed by atoms with Crippen molar-refractivity contribution in [2.45, 2.75) is 25.9 Å². The normalized spacial score (nSPS) is 17.5. The Labute approximate surface area is 166 Å². The highest BCUT2D eigenvalue weighted by atomic mass is 19.1. The van der Waals surface area contributed by atoms with Crippen LogP contribution in [-0.4, -0.2) is 52.8 Å². The van der Waals surface area contributed by atoms with Gasteiger partial charge >= 0.3 is 0 Å². The lowest BCUT2D eigenvalue weighted by Crippen LogP contribution is -2.31. The van der Waals surface area contributed by atoms with Crippen LogP contribution < -0.4 is 0 Å². The number of nitrogens with zero attached hydrogens (tertiary/aromatic N) is 4. The molecule has 1 aliphatic rings. The van der Waals surface area contributed by atoms with E-state index in [1.807, 2.05) is 16.8 Å². The Morgan fingerprint density at radius 2 is 1.79 bits per heavy atom. The summed E-state index contributed by atoms with van der Waals surface area (Å²) in [5.74, 6) is -0.225. The largest absolute Gasteiger partial charge is 0.305 e. The maximum atomic E-state index is 13.4. The van der Waals surface area contributed by atoms with E-state index in [1.165, 1.54) is 29.7 Å². The number of hydrogen-bond acceptors (Lipinski definition) is 3. The van der Waals surface area contributed by atoms with Crippen molar-refractivity contribution in [1.82, 2.24) is 19.6 Å². The van der Waals surface area contributed by atoms with Gasteiger partial charge in [-0.15, -0.1) is 0 Å². The van der Waals surface area contributed by atoms with Crippen LogP contribution in [0, 0.1) is 12.7 Å². The number of hydrogen-bond donors (Lipinski definition) is 0. The molecular formula is C23H27FN4. The number of likely N-dealkylation sites (N-methyl/N-ethyl adjacent to an activating group) is 1. The van der Waals surface area contributed by atoms with Gasteiger partial charge in [-0.3, -0.25) is 4.90 Å². The van der Waals surface area contributed by atoms with Crippen molar-refractivity contribution in [3.05, 3.63) is 71.7 Å². The van der Waals surface area contributed by atoms with Gasteiger partial charge in [0.25, 0.3) is 0 Å². The lowest BCUT2D eigenvalue weighted by atomic mass is 10.1. The smallest absolute Gasteiger partial charge is 0.123 e. The van der Waals surface area contributed by atoms with E-state index in [9.17, 15) is 4.39 Å². The summed E-state index contributed by atoms with van der Waals surface area (Å²) in [6.45, 7) is 5.08. The zero-order chi connectivity index (χ0) is 19.7. The lowest BCUT2D eigenvalue weighted by molar-refractivity contribution is 0.265. The van der Waals surface area contributed by atoms with Gasteiger partial charge in [-0.1, -0.05) is 17.7 Å². The van der Waals surface area contributed by atoms with Crippen molar-refractivity contribution < 1.29 is 4.39 Å². The average Bonchev–Trinajstić information content (AvgIpc) is 3.31. The van der Waals surface area contributed by atoms with E-state index in [2.05, 4.69) is 61.3 Å². The molecule has 4 rings (SSSR count). The third kappa shape index (κ3) is 4.01. The highest BCUT2D eigenvalue weighted by Crippen LogP contribution is 2.27. The number of benzene rings is 2. The molecule has 0 aliphatic carbocycles. The third-order valence-electron chi connectivity index (χ3n) is 5.58. The van der Waals surface area contributed by atoms with Gasteiger partial charge in [0.1, 0.15) is 5.82 Å². The molecule has 146 valence electrons. The van der Waals surface area contributed by atoms with Gasteiger partial charge in [0, 0.05) is 43.0 Å². The zero-order valence-corrected chi connectivity index (χ0v) is 16.8. The minimum absolute atomic E-state index is 0.225. The van der Waals surface area contributed by atoms with Crippen molar-refractivity contribution in [3.8, 4) is 16.9 Å². The summed E-state index contributed by atoms with van der Waals surface area (Å²) in [5.41, 5.74) is 5.31. The summed E-state index contributed by atoms with van der Waals surface area (Å²) in [5, 5.41) is 4.86. The minimum Gasteiger partial charge on any atom is -0.305 e. The monoisotopic (exact) mass is 378 g/mol. The molecule has 1 aliphatic heterocycles. The van der Waals surface area contributed by atoms with Crippen LogP contribution in [0.3, 0.4) is 0 Å². The van der Waals surface area contributed by atoms with E-state index >= 15 is 0 Å². The van der Waals surface area contributed by atoms with Gasteiger partial charge in [-0.25, -0.2) is 9.07 Å². The summed E-state index contributed by atoms with van der Waals surface area (Å²) in [4.78, 5) is 4.78. The fraction of sp³-hybridized carbons (Fsp3) is 0.348. The third-order valence-corrected chi connectivity index (χ3v) is 5.58. The molecule has 0 N–H and O–H groups in total. The second-order valence-corrected chi connectivity index (χ2v) is 7.93. The Hall–Kier alpha value is -2.50. The van der Waals surface area contributed by atoms with Gasteiger partial charge in [-0.05, 0) is 63.8 Å². The van der Waals surface area contributed by atoms with Crippen molar-refractivity contribution in [3.63, 3.8) is 0 Å². The molecule has 5 heteroatoms. The molecule has 2 aromatic carbocycles. The van der Waals surface area contributed by atoms with Gasteiger partial charge in [0.2, 0.25) is 0 Å². The summed E-state index contributed by atoms with van der Waals surface area (Å²) in [6, 6.07) is 15.6. The first-order chi connectivity index (χ1) is 13.5. The summed E-state index contributed by atoms with van der Waals surface area (Å²) >= 11 is 0. The lowest BCUT2D eigenvalue weighted by Gasteiger charge is -2.20. The van der Waals surface area contributed by atoms with Crippen LogP contribution in [0.2, 0.25) is 0 Å². The van der Waals surface area contributed by atoms with E-state index in [1.54, 1.807) is 0 Å². The molecular weight excluding hydrogens is 351 g/mol. The predicted molar refractivity (Wildman–Crippen MR) is 111 cm³/mol.